The molecule has 1 aliphatic rings. The minimum atomic E-state index is -0.174. The molecule has 0 unspecified atom stereocenters. The number of carbonyl (C=O) groups excluding carboxylic acids is 1. The van der Waals surface area contributed by atoms with E-state index in [1.54, 1.807) is 0 Å². The van der Waals surface area contributed by atoms with E-state index < -0.39 is 0 Å². The summed E-state index contributed by atoms with van der Waals surface area (Å²) in [4.78, 5) is 19.8. The summed E-state index contributed by atoms with van der Waals surface area (Å²) in [5.74, 6) is -0.174. The summed E-state index contributed by atoms with van der Waals surface area (Å²) in [6, 6.07) is 5.98. The van der Waals surface area contributed by atoms with E-state index in [9.17, 15) is 4.79 Å². The van der Waals surface area contributed by atoms with Crippen LogP contribution in [-0.4, -0.2) is 22.4 Å². The first-order valence-corrected chi connectivity index (χ1v) is 6.22. The molecular formula is C14H14N4O. The topological polar surface area (TPSA) is 66.9 Å². The number of anilines is 1. The molecule has 2 N–H and O–H groups in total. The van der Waals surface area contributed by atoms with Crippen molar-refractivity contribution >= 4 is 11.6 Å². The van der Waals surface area contributed by atoms with E-state index in [2.05, 4.69) is 26.7 Å². The van der Waals surface area contributed by atoms with Crippen LogP contribution in [0.3, 0.4) is 0 Å². The van der Waals surface area contributed by atoms with Crippen molar-refractivity contribution in [3.8, 4) is 0 Å². The summed E-state index contributed by atoms with van der Waals surface area (Å²) in [6.07, 6.45) is 5.36. The van der Waals surface area contributed by atoms with Crippen molar-refractivity contribution in [2.75, 3.05) is 11.9 Å². The molecule has 1 aliphatic heterocycles. The Morgan fingerprint density at radius 1 is 1.26 bits per heavy atom. The number of benzene rings is 1. The molecule has 5 heteroatoms. The summed E-state index contributed by atoms with van der Waals surface area (Å²) in [7, 11) is 0. The van der Waals surface area contributed by atoms with Crippen LogP contribution in [-0.2, 0) is 13.0 Å². The summed E-state index contributed by atoms with van der Waals surface area (Å²) < 4.78 is 0. The number of rotatable bonds is 2. The number of nitrogens with one attached hydrogen (secondary N) is 2. The van der Waals surface area contributed by atoms with Crippen molar-refractivity contribution in [3.63, 3.8) is 0 Å². The SMILES string of the molecule is O=C(Nc1cccc2c1CCNC2)c1cncnc1. The van der Waals surface area contributed by atoms with Crippen LogP contribution in [0.4, 0.5) is 5.69 Å². The number of amides is 1. The largest absolute Gasteiger partial charge is 0.322 e. The Kier molecular flexibility index (Phi) is 3.20. The minimum absolute atomic E-state index is 0.174. The highest BCUT2D eigenvalue weighted by Crippen LogP contribution is 2.23. The number of carbonyl (C=O) groups is 1. The van der Waals surface area contributed by atoms with Gasteiger partial charge in [-0.2, -0.15) is 0 Å². The highest BCUT2D eigenvalue weighted by Gasteiger charge is 2.14. The van der Waals surface area contributed by atoms with E-state index in [0.29, 0.717) is 5.56 Å². The molecule has 96 valence electrons. The van der Waals surface area contributed by atoms with Crippen LogP contribution in [0.5, 0.6) is 0 Å². The second-order valence-electron chi connectivity index (χ2n) is 4.45. The zero-order valence-corrected chi connectivity index (χ0v) is 10.4. The Bertz CT molecular complexity index is 598. The second kappa shape index (κ2) is 5.16. The smallest absolute Gasteiger partial charge is 0.258 e. The van der Waals surface area contributed by atoms with Crippen molar-refractivity contribution in [1.29, 1.82) is 0 Å². The fraction of sp³-hybridized carbons (Fsp3) is 0.214. The molecule has 0 atom stereocenters. The molecule has 0 radical (unpaired) electrons. The lowest BCUT2D eigenvalue weighted by atomic mass is 9.99. The third-order valence-electron chi connectivity index (χ3n) is 3.21. The van der Waals surface area contributed by atoms with Gasteiger partial charge in [-0.3, -0.25) is 4.79 Å². The van der Waals surface area contributed by atoms with E-state index in [-0.39, 0.29) is 5.91 Å². The van der Waals surface area contributed by atoms with Crippen LogP contribution in [0.25, 0.3) is 0 Å². The van der Waals surface area contributed by atoms with Crippen molar-refractivity contribution in [2.45, 2.75) is 13.0 Å². The Morgan fingerprint density at radius 3 is 2.95 bits per heavy atom. The number of fused-ring (bicyclic) bond motifs is 1. The summed E-state index contributed by atoms with van der Waals surface area (Å²) in [5, 5.41) is 6.26. The zero-order chi connectivity index (χ0) is 13.1. The van der Waals surface area contributed by atoms with E-state index in [1.807, 2.05) is 12.1 Å². The molecule has 1 aromatic carbocycles. The van der Waals surface area contributed by atoms with Gasteiger partial charge >= 0.3 is 0 Å². The maximum atomic E-state index is 12.1. The summed E-state index contributed by atoms with van der Waals surface area (Å²) in [6.45, 7) is 1.79. The fourth-order valence-corrected chi connectivity index (χ4v) is 2.26. The Morgan fingerprint density at radius 2 is 2.11 bits per heavy atom. The van der Waals surface area contributed by atoms with E-state index in [4.69, 9.17) is 0 Å². The van der Waals surface area contributed by atoms with Gasteiger partial charge in [0.25, 0.3) is 5.91 Å². The van der Waals surface area contributed by atoms with Crippen LogP contribution in [0.2, 0.25) is 0 Å². The second-order valence-corrected chi connectivity index (χ2v) is 4.45. The van der Waals surface area contributed by atoms with Crippen molar-refractivity contribution in [2.24, 2.45) is 0 Å². The Hall–Kier alpha value is -2.27. The normalized spacial score (nSPS) is 13.7. The molecule has 2 aromatic rings. The number of hydrogen-bond acceptors (Lipinski definition) is 4. The third-order valence-corrected chi connectivity index (χ3v) is 3.21. The molecule has 0 saturated carbocycles. The van der Waals surface area contributed by atoms with Gasteiger partial charge in [0.1, 0.15) is 6.33 Å². The van der Waals surface area contributed by atoms with Gasteiger partial charge in [0.15, 0.2) is 0 Å². The first-order valence-electron chi connectivity index (χ1n) is 6.22. The molecule has 0 bridgehead atoms. The van der Waals surface area contributed by atoms with E-state index in [1.165, 1.54) is 29.8 Å². The van der Waals surface area contributed by atoms with Gasteiger partial charge in [0.2, 0.25) is 0 Å². The number of nitrogens with zero attached hydrogens (tertiary/aromatic N) is 2. The maximum Gasteiger partial charge on any atom is 0.258 e. The van der Waals surface area contributed by atoms with Gasteiger partial charge in [-0.15, -0.1) is 0 Å². The molecule has 1 amide bonds. The molecule has 5 nitrogen and oxygen atoms in total. The Balaban J connectivity index is 1.86. The molecule has 0 aliphatic carbocycles. The molecule has 0 fully saturated rings. The molecule has 0 saturated heterocycles. The molecular weight excluding hydrogens is 240 g/mol. The summed E-state index contributed by atoms with van der Waals surface area (Å²) >= 11 is 0. The van der Waals surface area contributed by atoms with Gasteiger partial charge in [-0.25, -0.2) is 9.97 Å². The van der Waals surface area contributed by atoms with Crippen molar-refractivity contribution < 1.29 is 4.79 Å². The molecule has 1 aromatic heterocycles. The van der Waals surface area contributed by atoms with E-state index in [0.717, 1.165) is 25.2 Å². The van der Waals surface area contributed by atoms with Gasteiger partial charge < -0.3 is 10.6 Å². The van der Waals surface area contributed by atoms with Gasteiger partial charge in [-0.05, 0) is 30.2 Å². The molecule has 3 rings (SSSR count). The van der Waals surface area contributed by atoms with Crippen LogP contribution in [0.1, 0.15) is 21.5 Å². The van der Waals surface area contributed by atoms with Crippen LogP contribution in [0, 0.1) is 0 Å². The standard InChI is InChI=1S/C14H14N4O/c19-14(11-7-16-9-17-8-11)18-13-3-1-2-10-6-15-5-4-12(10)13/h1-3,7-9,15H,4-6H2,(H,18,19). The van der Waals surface area contributed by atoms with Gasteiger partial charge in [-0.1, -0.05) is 12.1 Å². The lowest BCUT2D eigenvalue weighted by Crippen LogP contribution is -2.25. The molecule has 2 heterocycles. The van der Waals surface area contributed by atoms with Gasteiger partial charge in [0, 0.05) is 24.6 Å². The predicted molar refractivity (Wildman–Crippen MR) is 71.8 cm³/mol. The fourth-order valence-electron chi connectivity index (χ4n) is 2.26. The lowest BCUT2D eigenvalue weighted by Gasteiger charge is -2.20. The third kappa shape index (κ3) is 2.46. The molecule has 0 spiro atoms. The Labute approximate surface area is 111 Å². The minimum Gasteiger partial charge on any atom is -0.322 e. The quantitative estimate of drug-likeness (QED) is 0.849. The maximum absolute atomic E-state index is 12.1. The lowest BCUT2D eigenvalue weighted by molar-refractivity contribution is 0.102. The predicted octanol–water partition coefficient (Wildman–Crippen LogP) is 1.37. The van der Waals surface area contributed by atoms with E-state index >= 15 is 0 Å². The van der Waals surface area contributed by atoms with Gasteiger partial charge in [0.05, 0.1) is 5.56 Å². The van der Waals surface area contributed by atoms with Crippen molar-refractivity contribution in [1.82, 2.24) is 15.3 Å². The first-order chi connectivity index (χ1) is 9.34. The highest BCUT2D eigenvalue weighted by atomic mass is 16.1. The van der Waals surface area contributed by atoms with Crippen LogP contribution in [0.15, 0.2) is 36.9 Å². The number of hydrogen-bond donors (Lipinski definition) is 2. The monoisotopic (exact) mass is 254 g/mol. The zero-order valence-electron chi connectivity index (χ0n) is 10.4. The molecule has 19 heavy (non-hydrogen) atoms. The highest BCUT2D eigenvalue weighted by molar-refractivity contribution is 6.04. The van der Waals surface area contributed by atoms with Crippen LogP contribution >= 0.6 is 0 Å². The average molecular weight is 254 g/mol. The first kappa shape index (κ1) is 11.8. The summed E-state index contributed by atoms with van der Waals surface area (Å²) in [5.41, 5.74) is 3.81. The average Bonchev–Trinajstić information content (AvgIpc) is 2.48. The van der Waals surface area contributed by atoms with Crippen LogP contribution < -0.4 is 10.6 Å². The van der Waals surface area contributed by atoms with Crippen molar-refractivity contribution in [3.05, 3.63) is 53.6 Å². The number of aromatic nitrogens is 2.